The number of hydrogen-bond donors (Lipinski definition) is 1. The lowest BCUT2D eigenvalue weighted by Gasteiger charge is -2.28. The first kappa shape index (κ1) is 39.2. The van der Waals surface area contributed by atoms with Crippen LogP contribution in [0.4, 0.5) is 20.4 Å². The molecule has 1 aliphatic rings. The fourth-order valence-corrected chi connectivity index (χ4v) is 6.76. The highest BCUT2D eigenvalue weighted by atomic mass is 19.1. The Morgan fingerprint density at radius 1 is 1.09 bits per heavy atom. The van der Waals surface area contributed by atoms with E-state index in [0.717, 1.165) is 6.07 Å². The Kier molecular flexibility index (Phi) is 11.2. The summed E-state index contributed by atoms with van der Waals surface area (Å²) in [5.41, 5.74) is 0.834. The van der Waals surface area contributed by atoms with E-state index in [1.807, 2.05) is 26.2 Å². The number of aliphatic imine (C=N–C) groups is 1. The molecule has 0 saturated carbocycles. The van der Waals surface area contributed by atoms with Gasteiger partial charge >= 0.3 is 5.82 Å². The fourth-order valence-electron chi connectivity index (χ4n) is 6.76. The number of likely N-dealkylation sites (N-methyl/N-ethyl adjacent to an activating group) is 1. The smallest absolute Gasteiger partial charge is 0.368 e. The molecule has 1 atom stereocenters. The van der Waals surface area contributed by atoms with Crippen molar-refractivity contribution in [2.75, 3.05) is 46.7 Å². The second-order valence-electron chi connectivity index (χ2n) is 14.1. The molecule has 0 aliphatic carbocycles. The van der Waals surface area contributed by atoms with Crippen LogP contribution >= 0.6 is 0 Å². The molecule has 1 N–H and O–H groups in total. The Morgan fingerprint density at radius 2 is 1.82 bits per heavy atom. The topological polar surface area (TPSA) is 156 Å². The molecule has 16 heteroatoms. The lowest BCUT2D eigenvalue weighted by atomic mass is 9.99. The van der Waals surface area contributed by atoms with Crippen LogP contribution < -0.4 is 20.3 Å². The Hall–Kier alpha value is -6.55. The lowest BCUT2D eigenvalue weighted by molar-refractivity contribution is -0.880. The molecule has 0 bridgehead atoms. The van der Waals surface area contributed by atoms with E-state index >= 15 is 8.78 Å². The normalized spacial score (nSPS) is 13.5. The van der Waals surface area contributed by atoms with Crippen LogP contribution in [0.1, 0.15) is 30.5 Å². The summed E-state index contributed by atoms with van der Waals surface area (Å²) in [6.45, 7) is 2.65. The van der Waals surface area contributed by atoms with Crippen molar-refractivity contribution in [1.82, 2.24) is 19.3 Å². The van der Waals surface area contributed by atoms with Gasteiger partial charge < -0.3 is 34.0 Å². The van der Waals surface area contributed by atoms with Crippen molar-refractivity contribution in [1.29, 1.82) is 0 Å². The molecule has 6 rings (SSSR count). The van der Waals surface area contributed by atoms with Gasteiger partial charge in [-0.1, -0.05) is 29.3 Å². The number of anilines is 2. The number of pyridine rings is 2. The third-order valence-corrected chi connectivity index (χ3v) is 9.50. The van der Waals surface area contributed by atoms with E-state index in [1.54, 1.807) is 55.2 Å². The van der Waals surface area contributed by atoms with Gasteiger partial charge in [0.05, 0.1) is 63.1 Å². The molecule has 1 aliphatic heterocycles. The number of nitrogens with one attached hydrogen (secondary N) is 1. The maximum atomic E-state index is 15.9. The van der Waals surface area contributed by atoms with Crippen molar-refractivity contribution in [2.24, 2.45) is 12.0 Å². The van der Waals surface area contributed by atoms with Crippen LogP contribution in [-0.4, -0.2) is 82.1 Å². The van der Waals surface area contributed by atoms with Crippen molar-refractivity contribution in [3.05, 3.63) is 128 Å². The largest absolute Gasteiger partial charge is 0.494 e. The van der Waals surface area contributed by atoms with Gasteiger partial charge in [-0.2, -0.15) is 5.10 Å². The number of nitrogens with zero attached hydrogens (tertiary/aromatic N) is 7. The van der Waals surface area contributed by atoms with Crippen molar-refractivity contribution in [3.63, 3.8) is 0 Å². The molecule has 2 aromatic carbocycles. The molecule has 1 unspecified atom stereocenters. The van der Waals surface area contributed by atoms with E-state index in [1.165, 1.54) is 43.3 Å². The van der Waals surface area contributed by atoms with Gasteiger partial charge in [0, 0.05) is 55.9 Å². The van der Waals surface area contributed by atoms with Gasteiger partial charge in [0.15, 0.2) is 34.7 Å². The molecule has 14 nitrogen and oxygen atoms in total. The Labute approximate surface area is 320 Å². The standard InChI is InChI=1S/C40H40F2N8O6/c1-24(26-10-7-9-25(17-26)18-29(51)11-8-16-50(3,4)23-27-12-14-43-39(27)49(53)54)48-31-20-35(45-34-13-15-47(2)46-34)44-22-28(31)19-30(40(48)52)36-37(41)32(55-5)21-33(56-6)38(36)42/h7-11,13-15,17,19-22,24H,12,16,18,23H2,1-6H3/p+1/b11-8+. The summed E-state index contributed by atoms with van der Waals surface area (Å²) in [4.78, 5) is 46.9. The number of aryl methyl sites for hydroxylation is 1. The van der Waals surface area contributed by atoms with E-state index in [2.05, 4.69) is 20.4 Å². The van der Waals surface area contributed by atoms with Crippen LogP contribution in [0.15, 0.2) is 94.3 Å². The van der Waals surface area contributed by atoms with Crippen molar-refractivity contribution >= 4 is 34.5 Å². The molecule has 5 aromatic rings. The Bertz CT molecular complexity index is 2480. The first-order chi connectivity index (χ1) is 26.7. The summed E-state index contributed by atoms with van der Waals surface area (Å²) < 4.78 is 45.5. The molecule has 4 heterocycles. The monoisotopic (exact) mass is 767 g/mol. The predicted octanol–water partition coefficient (Wildman–Crippen LogP) is 6.15. The number of quaternary nitrogens is 1. The predicted molar refractivity (Wildman–Crippen MR) is 208 cm³/mol. The Morgan fingerprint density at radius 3 is 2.48 bits per heavy atom. The van der Waals surface area contributed by atoms with Gasteiger partial charge in [0.1, 0.15) is 18.6 Å². The number of nitro groups is 1. The molecule has 0 amide bonds. The van der Waals surface area contributed by atoms with Crippen LogP contribution in [0.5, 0.6) is 11.5 Å². The third kappa shape index (κ3) is 8.24. The number of benzene rings is 2. The number of allylic oxidation sites excluding steroid dienone is 1. The third-order valence-electron chi connectivity index (χ3n) is 9.50. The van der Waals surface area contributed by atoms with Crippen molar-refractivity contribution in [2.45, 2.75) is 25.8 Å². The van der Waals surface area contributed by atoms with Crippen molar-refractivity contribution in [3.8, 4) is 22.6 Å². The number of fused-ring (bicyclic) bond motifs is 1. The number of carbonyl (C=O) groups is 1. The lowest BCUT2D eigenvalue weighted by Crippen LogP contribution is -2.41. The van der Waals surface area contributed by atoms with Crippen LogP contribution in [-0.2, 0) is 18.3 Å². The summed E-state index contributed by atoms with van der Waals surface area (Å²) in [6, 6.07) is 12.4. The van der Waals surface area contributed by atoms with E-state index in [4.69, 9.17) is 9.47 Å². The summed E-state index contributed by atoms with van der Waals surface area (Å²) >= 11 is 0. The maximum Gasteiger partial charge on any atom is 0.368 e. The number of carbonyl (C=O) groups excluding carboxylic acids is 1. The fraction of sp³-hybridized carbons (Fsp3) is 0.275. The minimum absolute atomic E-state index is 0.0622. The molecule has 0 saturated heterocycles. The van der Waals surface area contributed by atoms with Gasteiger partial charge in [-0.25, -0.2) is 13.8 Å². The SMILES string of the molecule is COc1cc(OC)c(F)c(-c2cc3cnc(Nc4ccn(C)n4)cc3n(C(C)c3cccc(CC(=O)/C=C/C[N+](C)(C)CC4=C([N+](=O)[O-])N=CC4)c3)c2=O)c1F. The van der Waals surface area contributed by atoms with Gasteiger partial charge in [-0.3, -0.25) is 14.3 Å². The van der Waals surface area contributed by atoms with E-state index in [-0.39, 0.29) is 35.1 Å². The first-order valence-electron chi connectivity index (χ1n) is 17.6. The number of halogens is 2. The summed E-state index contributed by atoms with van der Waals surface area (Å²) in [5, 5.41) is 19.2. The zero-order valence-electron chi connectivity index (χ0n) is 31.7. The molecule has 0 spiro atoms. The summed E-state index contributed by atoms with van der Waals surface area (Å²) in [7, 11) is 8.07. The van der Waals surface area contributed by atoms with Gasteiger partial charge in [0.25, 0.3) is 5.56 Å². The first-order valence-corrected chi connectivity index (χ1v) is 17.6. The van der Waals surface area contributed by atoms with Crippen LogP contribution in [0.25, 0.3) is 22.0 Å². The highest BCUT2D eigenvalue weighted by molar-refractivity contribution is 5.91. The highest BCUT2D eigenvalue weighted by Gasteiger charge is 2.29. The number of aromatic nitrogens is 4. The zero-order chi connectivity index (χ0) is 40.3. The van der Waals surface area contributed by atoms with Gasteiger partial charge in [-0.15, -0.1) is 0 Å². The Balaban J connectivity index is 1.34. The average Bonchev–Trinajstić information content (AvgIpc) is 3.79. The molecular formula is C40H41F2N8O6+. The molecule has 290 valence electrons. The quantitative estimate of drug-likeness (QED) is 0.0572. The average molecular weight is 768 g/mol. The van der Waals surface area contributed by atoms with Crippen LogP contribution in [0, 0.1) is 21.7 Å². The second kappa shape index (κ2) is 16.0. The number of rotatable bonds is 15. The highest BCUT2D eigenvalue weighted by Crippen LogP contribution is 2.38. The summed E-state index contributed by atoms with van der Waals surface area (Å²) in [6.07, 6.45) is 8.53. The van der Waals surface area contributed by atoms with Crippen LogP contribution in [0.2, 0.25) is 0 Å². The number of ketones is 1. The molecule has 3 aromatic heterocycles. The molecule has 0 fully saturated rings. The molecule has 56 heavy (non-hydrogen) atoms. The number of hydrogen-bond acceptors (Lipinski definition) is 10. The van der Waals surface area contributed by atoms with E-state index in [0.29, 0.717) is 63.2 Å². The second-order valence-corrected chi connectivity index (χ2v) is 14.1. The summed E-state index contributed by atoms with van der Waals surface area (Å²) in [5.74, 6) is -2.12. The van der Waals surface area contributed by atoms with Gasteiger partial charge in [-0.05, 0) is 41.2 Å². The minimum atomic E-state index is -1.07. The number of methoxy groups -OCH3 is 2. The maximum absolute atomic E-state index is 15.9. The van der Waals surface area contributed by atoms with Crippen molar-refractivity contribution < 1.29 is 32.5 Å². The minimum Gasteiger partial charge on any atom is -0.494 e. The van der Waals surface area contributed by atoms with Gasteiger partial charge in [0.2, 0.25) is 0 Å². The molecular weight excluding hydrogens is 726 g/mol. The number of ether oxygens (including phenoxy) is 2. The molecule has 0 radical (unpaired) electrons. The zero-order valence-corrected chi connectivity index (χ0v) is 31.7. The van der Waals surface area contributed by atoms with E-state index in [9.17, 15) is 19.7 Å². The van der Waals surface area contributed by atoms with Crippen LogP contribution in [0.3, 0.4) is 0 Å². The van der Waals surface area contributed by atoms with E-state index < -0.39 is 33.7 Å².